The van der Waals surface area contributed by atoms with Crippen LogP contribution in [-0.2, 0) is 0 Å². The Hall–Kier alpha value is -0.705. The van der Waals surface area contributed by atoms with Crippen molar-refractivity contribution in [3.8, 4) is 5.75 Å². The molecule has 1 aromatic carbocycles. The second-order valence-corrected chi connectivity index (χ2v) is 2.71. The van der Waals surface area contributed by atoms with Gasteiger partial charge in [-0.3, -0.25) is 0 Å². The highest BCUT2D eigenvalue weighted by atomic mass is 35.5. The van der Waals surface area contributed by atoms with Gasteiger partial charge >= 0.3 is 7.32 Å². The van der Waals surface area contributed by atoms with Crippen molar-refractivity contribution in [2.75, 3.05) is 0 Å². The Labute approximate surface area is 75.7 Å². The molecular formula is C7H8BClO3. The second-order valence-electron chi connectivity index (χ2n) is 2.31. The van der Waals surface area contributed by atoms with E-state index in [1.807, 2.05) is 0 Å². The SMILES string of the molecule is Cc1c(Cl)cccc1OB(O)O. The molecule has 0 aromatic heterocycles. The molecule has 5 heteroatoms. The van der Waals surface area contributed by atoms with E-state index in [-0.39, 0.29) is 0 Å². The average molecular weight is 186 g/mol. The van der Waals surface area contributed by atoms with E-state index in [4.69, 9.17) is 21.6 Å². The highest BCUT2D eigenvalue weighted by Crippen LogP contribution is 2.24. The molecule has 0 heterocycles. The van der Waals surface area contributed by atoms with Crippen molar-refractivity contribution in [3.05, 3.63) is 28.8 Å². The third-order valence-electron chi connectivity index (χ3n) is 1.45. The summed E-state index contributed by atoms with van der Waals surface area (Å²) in [5.41, 5.74) is 0.687. The van der Waals surface area contributed by atoms with Gasteiger partial charge in [-0.15, -0.1) is 0 Å². The Bertz CT molecular complexity index is 277. The van der Waals surface area contributed by atoms with E-state index in [0.717, 1.165) is 0 Å². The summed E-state index contributed by atoms with van der Waals surface area (Å²) in [5.74, 6) is 0.373. The van der Waals surface area contributed by atoms with Crippen molar-refractivity contribution in [2.45, 2.75) is 6.92 Å². The molecule has 1 rings (SSSR count). The minimum atomic E-state index is -1.80. The van der Waals surface area contributed by atoms with Gasteiger partial charge in [0.1, 0.15) is 5.75 Å². The molecule has 12 heavy (non-hydrogen) atoms. The van der Waals surface area contributed by atoms with Crippen molar-refractivity contribution in [1.82, 2.24) is 0 Å². The van der Waals surface area contributed by atoms with Crippen LogP contribution in [0.1, 0.15) is 5.56 Å². The Morgan fingerprint density at radius 2 is 2.08 bits per heavy atom. The molecule has 0 atom stereocenters. The Morgan fingerprint density at radius 1 is 1.42 bits per heavy atom. The van der Waals surface area contributed by atoms with Gasteiger partial charge in [-0.25, -0.2) is 0 Å². The van der Waals surface area contributed by atoms with E-state index >= 15 is 0 Å². The van der Waals surface area contributed by atoms with E-state index < -0.39 is 7.32 Å². The van der Waals surface area contributed by atoms with Gasteiger partial charge in [0, 0.05) is 10.6 Å². The van der Waals surface area contributed by atoms with E-state index in [1.54, 1.807) is 25.1 Å². The van der Waals surface area contributed by atoms with E-state index in [0.29, 0.717) is 16.3 Å². The van der Waals surface area contributed by atoms with Gasteiger partial charge in [0.05, 0.1) is 0 Å². The van der Waals surface area contributed by atoms with Crippen LogP contribution in [0.15, 0.2) is 18.2 Å². The quantitative estimate of drug-likeness (QED) is 0.678. The first kappa shape index (κ1) is 9.38. The lowest BCUT2D eigenvalue weighted by Crippen LogP contribution is -2.21. The van der Waals surface area contributed by atoms with E-state index in [9.17, 15) is 0 Å². The first-order chi connectivity index (χ1) is 5.61. The molecular weight excluding hydrogens is 178 g/mol. The number of benzene rings is 1. The molecule has 0 aliphatic heterocycles. The molecule has 64 valence electrons. The first-order valence-electron chi connectivity index (χ1n) is 3.39. The first-order valence-corrected chi connectivity index (χ1v) is 3.77. The third-order valence-corrected chi connectivity index (χ3v) is 1.86. The van der Waals surface area contributed by atoms with Crippen LogP contribution in [-0.4, -0.2) is 17.4 Å². The van der Waals surface area contributed by atoms with Crippen LogP contribution in [0, 0.1) is 6.92 Å². The molecule has 0 aliphatic carbocycles. The van der Waals surface area contributed by atoms with E-state index in [1.165, 1.54) is 0 Å². The van der Waals surface area contributed by atoms with Gasteiger partial charge in [-0.1, -0.05) is 17.7 Å². The standard InChI is InChI=1S/C7H8BClO3/c1-5-6(9)3-2-4-7(5)12-8(10)11/h2-4,10-11H,1H3. The Kier molecular flexibility index (Phi) is 2.97. The molecule has 0 amide bonds. The molecule has 0 unspecified atom stereocenters. The van der Waals surface area contributed by atoms with E-state index in [2.05, 4.69) is 4.65 Å². The predicted octanol–water partition coefficient (Wildman–Crippen LogP) is 0.997. The maximum Gasteiger partial charge on any atom is 0.707 e. The third kappa shape index (κ3) is 2.14. The molecule has 2 N–H and O–H groups in total. The molecule has 0 saturated heterocycles. The largest absolute Gasteiger partial charge is 0.707 e. The summed E-state index contributed by atoms with van der Waals surface area (Å²) in [5, 5.41) is 17.6. The van der Waals surface area contributed by atoms with Crippen LogP contribution in [0.5, 0.6) is 5.75 Å². The maximum absolute atomic E-state index is 8.51. The summed E-state index contributed by atoms with van der Waals surface area (Å²) in [6.07, 6.45) is 0. The van der Waals surface area contributed by atoms with Crippen molar-refractivity contribution in [1.29, 1.82) is 0 Å². The lowest BCUT2D eigenvalue weighted by Gasteiger charge is -2.08. The van der Waals surface area contributed by atoms with Crippen molar-refractivity contribution >= 4 is 18.9 Å². The minimum Gasteiger partial charge on any atom is -0.512 e. The number of hydrogen-bond donors (Lipinski definition) is 2. The van der Waals surface area contributed by atoms with Gasteiger partial charge in [-0.2, -0.15) is 0 Å². The smallest absolute Gasteiger partial charge is 0.512 e. The van der Waals surface area contributed by atoms with Crippen LogP contribution < -0.4 is 4.65 Å². The summed E-state index contributed by atoms with van der Waals surface area (Å²) in [4.78, 5) is 0. The van der Waals surface area contributed by atoms with Gasteiger partial charge in [0.25, 0.3) is 0 Å². The summed E-state index contributed by atoms with van der Waals surface area (Å²) in [6.45, 7) is 1.74. The molecule has 1 aromatic rings. The topological polar surface area (TPSA) is 49.7 Å². The minimum absolute atomic E-state index is 0.373. The Balaban J connectivity index is 2.92. The number of halogens is 1. The molecule has 0 radical (unpaired) electrons. The molecule has 0 bridgehead atoms. The zero-order valence-electron chi connectivity index (χ0n) is 6.49. The van der Waals surface area contributed by atoms with Crippen LogP contribution in [0.3, 0.4) is 0 Å². The zero-order valence-corrected chi connectivity index (χ0v) is 7.25. The highest BCUT2D eigenvalue weighted by molar-refractivity contribution is 6.34. The number of rotatable bonds is 2. The summed E-state index contributed by atoms with van der Waals surface area (Å²) >= 11 is 5.75. The molecule has 3 nitrogen and oxygen atoms in total. The van der Waals surface area contributed by atoms with Gasteiger partial charge in [0.15, 0.2) is 0 Å². The average Bonchev–Trinajstić information content (AvgIpc) is 1.98. The van der Waals surface area contributed by atoms with Gasteiger partial charge in [-0.05, 0) is 19.1 Å². The summed E-state index contributed by atoms with van der Waals surface area (Å²) < 4.78 is 4.65. The second kappa shape index (κ2) is 3.80. The number of hydrogen-bond acceptors (Lipinski definition) is 3. The monoisotopic (exact) mass is 186 g/mol. The van der Waals surface area contributed by atoms with Crippen molar-refractivity contribution < 1.29 is 14.7 Å². The predicted molar refractivity (Wildman–Crippen MR) is 47.0 cm³/mol. The lowest BCUT2D eigenvalue weighted by atomic mass is 10.2. The fraction of sp³-hybridized carbons (Fsp3) is 0.143. The maximum atomic E-state index is 8.51. The van der Waals surface area contributed by atoms with Crippen LogP contribution in [0.25, 0.3) is 0 Å². The normalized spacial score (nSPS) is 9.67. The summed E-state index contributed by atoms with van der Waals surface area (Å²) in [7, 11) is -1.80. The Morgan fingerprint density at radius 3 is 2.67 bits per heavy atom. The van der Waals surface area contributed by atoms with Crippen LogP contribution in [0.2, 0.25) is 5.02 Å². The van der Waals surface area contributed by atoms with Crippen LogP contribution >= 0.6 is 11.6 Å². The van der Waals surface area contributed by atoms with Crippen molar-refractivity contribution in [2.24, 2.45) is 0 Å². The van der Waals surface area contributed by atoms with Gasteiger partial charge in [0.2, 0.25) is 0 Å². The van der Waals surface area contributed by atoms with Crippen molar-refractivity contribution in [3.63, 3.8) is 0 Å². The fourth-order valence-electron chi connectivity index (χ4n) is 0.829. The molecule has 0 spiro atoms. The summed E-state index contributed by atoms with van der Waals surface area (Å²) in [6, 6.07) is 4.99. The highest BCUT2D eigenvalue weighted by Gasteiger charge is 2.13. The zero-order chi connectivity index (χ0) is 9.14. The van der Waals surface area contributed by atoms with Gasteiger partial charge < -0.3 is 14.7 Å². The lowest BCUT2D eigenvalue weighted by molar-refractivity contribution is 0.287. The molecule has 0 aliphatic rings. The van der Waals surface area contributed by atoms with Crippen LogP contribution in [0.4, 0.5) is 0 Å². The molecule has 0 fully saturated rings. The fourth-order valence-corrected chi connectivity index (χ4v) is 0.995. The molecule has 0 saturated carbocycles.